The van der Waals surface area contributed by atoms with Gasteiger partial charge in [0.05, 0.1) is 12.6 Å². The molecule has 0 aromatic rings. The smallest absolute Gasteiger partial charge is 0.336 e. The molecular formula is C9H16N2O4. The average Bonchev–Trinajstić information content (AvgIpc) is 2.11. The van der Waals surface area contributed by atoms with Gasteiger partial charge in [-0.2, -0.15) is 0 Å². The van der Waals surface area contributed by atoms with Gasteiger partial charge in [0.2, 0.25) is 5.91 Å². The summed E-state index contributed by atoms with van der Waals surface area (Å²) in [5, 5.41) is 9.42. The molecule has 2 unspecified atom stereocenters. The molecule has 1 amide bonds. The lowest BCUT2D eigenvalue weighted by Gasteiger charge is -2.39. The Morgan fingerprint density at radius 3 is 2.73 bits per heavy atom. The van der Waals surface area contributed by atoms with Gasteiger partial charge in [-0.3, -0.25) is 9.69 Å². The molecule has 0 bridgehead atoms. The van der Waals surface area contributed by atoms with Gasteiger partial charge in [-0.05, 0) is 13.3 Å². The van der Waals surface area contributed by atoms with Crippen molar-refractivity contribution in [1.29, 1.82) is 0 Å². The normalized spacial score (nSPS) is 22.9. The summed E-state index contributed by atoms with van der Waals surface area (Å²) in [6.45, 7) is 2.67. The molecule has 3 N–H and O–H groups in total. The molecule has 1 heterocycles. The van der Waals surface area contributed by atoms with E-state index in [1.165, 1.54) is 0 Å². The first kappa shape index (κ1) is 11.9. The van der Waals surface area contributed by atoms with E-state index in [0.29, 0.717) is 13.0 Å². The van der Waals surface area contributed by atoms with Crippen molar-refractivity contribution in [2.75, 3.05) is 19.7 Å². The maximum Gasteiger partial charge on any atom is 0.336 e. The molecule has 1 saturated heterocycles. The van der Waals surface area contributed by atoms with Gasteiger partial charge in [0.25, 0.3) is 0 Å². The predicted octanol–water partition coefficient (Wildman–Crippen LogP) is -1.53. The summed E-state index contributed by atoms with van der Waals surface area (Å²) in [5.41, 5.74) is 5.12. The fourth-order valence-corrected chi connectivity index (χ4v) is 1.52. The van der Waals surface area contributed by atoms with Gasteiger partial charge in [-0.25, -0.2) is 4.79 Å². The third-order valence-corrected chi connectivity index (χ3v) is 2.43. The second-order valence-corrected chi connectivity index (χ2v) is 3.47. The molecule has 0 aromatic carbocycles. The number of likely N-dealkylation sites (tertiary alicyclic amines) is 1. The van der Waals surface area contributed by atoms with Gasteiger partial charge in [0.15, 0.2) is 6.10 Å². The number of carbonyl (C=O) groups is 2. The van der Waals surface area contributed by atoms with E-state index in [9.17, 15) is 14.7 Å². The number of β-amino-alcohol motifs (C(OH)–C–C–N with tert-alkyl or cyclic N) is 1. The molecular weight excluding hydrogens is 200 g/mol. The van der Waals surface area contributed by atoms with E-state index in [1.807, 2.05) is 0 Å². The number of amides is 1. The first-order valence-corrected chi connectivity index (χ1v) is 4.94. The van der Waals surface area contributed by atoms with Crippen LogP contribution in [0.5, 0.6) is 0 Å². The largest absolute Gasteiger partial charge is 0.464 e. The Morgan fingerprint density at radius 2 is 2.33 bits per heavy atom. The maximum absolute atomic E-state index is 11.1. The zero-order valence-electron chi connectivity index (χ0n) is 8.68. The van der Waals surface area contributed by atoms with Gasteiger partial charge in [-0.15, -0.1) is 0 Å². The quantitative estimate of drug-likeness (QED) is 0.544. The summed E-state index contributed by atoms with van der Waals surface area (Å²) in [5.74, 6) is -1.08. The lowest BCUT2D eigenvalue weighted by atomic mass is 10.0. The highest BCUT2D eigenvalue weighted by Crippen LogP contribution is 2.16. The first-order chi connectivity index (χ1) is 7.06. The minimum absolute atomic E-state index is 0.104. The standard InChI is InChI=1S/C9H16N2O4/c1-2-15-9(14)7(12)5-11-4-3-6(11)8(10)13/h6-7,12H,2-5H2,1H3,(H2,10,13). The van der Waals surface area contributed by atoms with Crippen molar-refractivity contribution in [2.45, 2.75) is 25.5 Å². The Labute approximate surface area is 88.0 Å². The molecule has 6 heteroatoms. The molecule has 2 atom stereocenters. The number of rotatable bonds is 5. The zero-order valence-corrected chi connectivity index (χ0v) is 8.68. The van der Waals surface area contributed by atoms with Gasteiger partial charge < -0.3 is 15.6 Å². The van der Waals surface area contributed by atoms with E-state index in [4.69, 9.17) is 5.73 Å². The van der Waals surface area contributed by atoms with E-state index < -0.39 is 18.0 Å². The van der Waals surface area contributed by atoms with Crippen LogP contribution in [0.2, 0.25) is 0 Å². The number of nitrogens with zero attached hydrogens (tertiary/aromatic N) is 1. The number of aliphatic hydroxyl groups excluding tert-OH is 1. The minimum Gasteiger partial charge on any atom is -0.464 e. The Bertz CT molecular complexity index is 256. The van der Waals surface area contributed by atoms with Crippen molar-refractivity contribution < 1.29 is 19.4 Å². The fraction of sp³-hybridized carbons (Fsp3) is 0.778. The number of hydrogen-bond donors (Lipinski definition) is 2. The second-order valence-electron chi connectivity index (χ2n) is 3.47. The average molecular weight is 216 g/mol. The van der Waals surface area contributed by atoms with Crippen LogP contribution in [0.3, 0.4) is 0 Å². The van der Waals surface area contributed by atoms with Crippen molar-refractivity contribution in [3.63, 3.8) is 0 Å². The van der Waals surface area contributed by atoms with E-state index in [2.05, 4.69) is 4.74 Å². The van der Waals surface area contributed by atoms with Crippen molar-refractivity contribution >= 4 is 11.9 Å². The van der Waals surface area contributed by atoms with Crippen LogP contribution in [0, 0.1) is 0 Å². The summed E-state index contributed by atoms with van der Waals surface area (Å²) in [6.07, 6.45) is -0.516. The molecule has 0 aromatic heterocycles. The molecule has 1 rings (SSSR count). The highest BCUT2D eigenvalue weighted by Gasteiger charge is 2.35. The second kappa shape index (κ2) is 5.09. The Balaban J connectivity index is 2.35. The third kappa shape index (κ3) is 2.90. The van der Waals surface area contributed by atoms with Crippen molar-refractivity contribution in [3.05, 3.63) is 0 Å². The molecule has 1 aliphatic rings. The lowest BCUT2D eigenvalue weighted by Crippen LogP contribution is -2.57. The van der Waals surface area contributed by atoms with Crippen LogP contribution < -0.4 is 5.73 Å². The van der Waals surface area contributed by atoms with Gasteiger partial charge in [-0.1, -0.05) is 0 Å². The Hall–Kier alpha value is -1.14. The minimum atomic E-state index is -1.20. The van der Waals surface area contributed by atoms with Crippen LogP contribution in [-0.4, -0.2) is 53.7 Å². The van der Waals surface area contributed by atoms with E-state index >= 15 is 0 Å². The van der Waals surface area contributed by atoms with Gasteiger partial charge >= 0.3 is 5.97 Å². The van der Waals surface area contributed by atoms with E-state index in [-0.39, 0.29) is 19.2 Å². The van der Waals surface area contributed by atoms with Gasteiger partial charge in [0.1, 0.15) is 0 Å². The molecule has 1 aliphatic heterocycles. The molecule has 15 heavy (non-hydrogen) atoms. The monoisotopic (exact) mass is 216 g/mol. The highest BCUT2D eigenvalue weighted by molar-refractivity contribution is 5.81. The Kier molecular flexibility index (Phi) is 4.05. The van der Waals surface area contributed by atoms with Crippen LogP contribution >= 0.6 is 0 Å². The first-order valence-electron chi connectivity index (χ1n) is 4.94. The third-order valence-electron chi connectivity index (χ3n) is 2.43. The molecule has 0 saturated carbocycles. The van der Waals surface area contributed by atoms with Crippen molar-refractivity contribution in [2.24, 2.45) is 5.73 Å². The number of ether oxygens (including phenoxy) is 1. The van der Waals surface area contributed by atoms with Gasteiger partial charge in [0, 0.05) is 13.1 Å². The molecule has 0 radical (unpaired) electrons. The number of aliphatic hydroxyl groups is 1. The zero-order chi connectivity index (χ0) is 11.4. The predicted molar refractivity (Wildman–Crippen MR) is 51.8 cm³/mol. The fourth-order valence-electron chi connectivity index (χ4n) is 1.52. The number of esters is 1. The topological polar surface area (TPSA) is 92.9 Å². The number of hydrogen-bond acceptors (Lipinski definition) is 5. The molecule has 6 nitrogen and oxygen atoms in total. The molecule has 1 fully saturated rings. The number of primary amides is 1. The summed E-state index contributed by atoms with van der Waals surface area (Å²) in [4.78, 5) is 23.6. The molecule has 0 aliphatic carbocycles. The SMILES string of the molecule is CCOC(=O)C(O)CN1CCC1C(N)=O. The number of nitrogens with two attached hydrogens (primary N) is 1. The summed E-state index contributed by atoms with van der Waals surface area (Å²) >= 11 is 0. The number of carbonyl (C=O) groups excluding carboxylic acids is 2. The maximum atomic E-state index is 11.1. The summed E-state index contributed by atoms with van der Waals surface area (Å²) in [6, 6.07) is -0.353. The molecule has 86 valence electrons. The van der Waals surface area contributed by atoms with Crippen LogP contribution in [-0.2, 0) is 14.3 Å². The van der Waals surface area contributed by atoms with Crippen LogP contribution in [0.25, 0.3) is 0 Å². The lowest BCUT2D eigenvalue weighted by molar-refractivity contribution is -0.156. The van der Waals surface area contributed by atoms with Crippen molar-refractivity contribution in [1.82, 2.24) is 4.90 Å². The van der Waals surface area contributed by atoms with Crippen LogP contribution in [0.4, 0.5) is 0 Å². The molecule has 0 spiro atoms. The van der Waals surface area contributed by atoms with E-state index in [1.54, 1.807) is 11.8 Å². The highest BCUT2D eigenvalue weighted by atomic mass is 16.5. The van der Waals surface area contributed by atoms with E-state index in [0.717, 1.165) is 0 Å². The van der Waals surface area contributed by atoms with Crippen LogP contribution in [0.15, 0.2) is 0 Å². The summed E-state index contributed by atoms with van der Waals surface area (Å²) in [7, 11) is 0. The van der Waals surface area contributed by atoms with Crippen molar-refractivity contribution in [3.8, 4) is 0 Å². The Morgan fingerprint density at radius 1 is 1.67 bits per heavy atom. The van der Waals surface area contributed by atoms with Crippen LogP contribution in [0.1, 0.15) is 13.3 Å². The summed E-state index contributed by atoms with van der Waals surface area (Å²) < 4.78 is 4.64.